The van der Waals surface area contributed by atoms with Crippen LogP contribution >= 0.6 is 11.6 Å². The number of methoxy groups -OCH3 is 1. The molecule has 0 aliphatic heterocycles. The highest BCUT2D eigenvalue weighted by atomic mass is 35.5. The maximum atomic E-state index is 11.2. The summed E-state index contributed by atoms with van der Waals surface area (Å²) in [5.41, 5.74) is 1.80. The number of esters is 1. The summed E-state index contributed by atoms with van der Waals surface area (Å²) in [6.07, 6.45) is 2.02. The molecule has 1 heterocycles. The summed E-state index contributed by atoms with van der Waals surface area (Å²) >= 11 is 6.06. The van der Waals surface area contributed by atoms with Gasteiger partial charge in [0.05, 0.1) is 18.6 Å². The Bertz CT molecular complexity index is 504. The van der Waals surface area contributed by atoms with Crippen molar-refractivity contribution in [3.8, 4) is 0 Å². The number of fused-ring (bicyclic) bond motifs is 1. The summed E-state index contributed by atoms with van der Waals surface area (Å²) in [6.45, 7) is 0. The number of H-pyrrole nitrogens is 1. The Morgan fingerprint density at radius 1 is 1.53 bits per heavy atom. The molecule has 0 fully saturated rings. The summed E-state index contributed by atoms with van der Waals surface area (Å²) in [5.74, 6) is -0.268. The smallest absolute Gasteiger partial charge is 0.310 e. The lowest BCUT2D eigenvalue weighted by atomic mass is 10.1. The third-order valence-electron chi connectivity index (χ3n) is 2.30. The average molecular weight is 224 g/mol. The van der Waals surface area contributed by atoms with Crippen LogP contribution in [0.1, 0.15) is 5.56 Å². The van der Waals surface area contributed by atoms with E-state index in [1.807, 2.05) is 12.1 Å². The average Bonchev–Trinajstić information content (AvgIpc) is 2.63. The molecular weight excluding hydrogens is 214 g/mol. The van der Waals surface area contributed by atoms with E-state index < -0.39 is 0 Å². The van der Waals surface area contributed by atoms with E-state index in [4.69, 9.17) is 11.6 Å². The second kappa shape index (κ2) is 3.95. The van der Waals surface area contributed by atoms with Crippen molar-refractivity contribution in [2.75, 3.05) is 7.11 Å². The van der Waals surface area contributed by atoms with Crippen molar-refractivity contribution >= 4 is 28.5 Å². The molecule has 0 aliphatic carbocycles. The number of hydrogen-bond acceptors (Lipinski definition) is 2. The molecule has 0 unspecified atom stereocenters. The minimum Gasteiger partial charge on any atom is -0.469 e. The molecule has 0 saturated heterocycles. The topological polar surface area (TPSA) is 42.1 Å². The standard InChI is InChI=1S/C11H10ClNO2/c1-15-10(14)5-7-6-13-9-4-2-3-8(12)11(7)9/h2-4,6,13H,5H2,1H3. The second-order valence-electron chi connectivity index (χ2n) is 3.23. The Labute approximate surface area is 92.0 Å². The minimum atomic E-state index is -0.268. The summed E-state index contributed by atoms with van der Waals surface area (Å²) in [4.78, 5) is 14.2. The number of halogens is 1. The van der Waals surface area contributed by atoms with E-state index in [0.717, 1.165) is 16.5 Å². The van der Waals surface area contributed by atoms with Gasteiger partial charge >= 0.3 is 5.97 Å². The van der Waals surface area contributed by atoms with Gasteiger partial charge < -0.3 is 9.72 Å². The fraction of sp³-hybridized carbons (Fsp3) is 0.182. The first-order chi connectivity index (χ1) is 7.22. The fourth-order valence-corrected chi connectivity index (χ4v) is 1.87. The van der Waals surface area contributed by atoms with Gasteiger partial charge in [-0.25, -0.2) is 0 Å². The SMILES string of the molecule is COC(=O)Cc1c[nH]c2cccc(Cl)c12. The van der Waals surface area contributed by atoms with Gasteiger partial charge in [-0.3, -0.25) is 4.79 Å². The van der Waals surface area contributed by atoms with E-state index in [1.54, 1.807) is 12.3 Å². The number of hydrogen-bond donors (Lipinski definition) is 1. The maximum absolute atomic E-state index is 11.2. The largest absolute Gasteiger partial charge is 0.469 e. The minimum absolute atomic E-state index is 0.236. The van der Waals surface area contributed by atoms with E-state index >= 15 is 0 Å². The van der Waals surface area contributed by atoms with Crippen LogP contribution in [0.2, 0.25) is 5.02 Å². The summed E-state index contributed by atoms with van der Waals surface area (Å²) < 4.78 is 4.62. The summed E-state index contributed by atoms with van der Waals surface area (Å²) in [5, 5.41) is 1.54. The number of aromatic amines is 1. The van der Waals surface area contributed by atoms with Gasteiger partial charge in [-0.05, 0) is 17.7 Å². The number of nitrogens with one attached hydrogen (secondary N) is 1. The third-order valence-corrected chi connectivity index (χ3v) is 2.61. The van der Waals surface area contributed by atoms with E-state index in [-0.39, 0.29) is 12.4 Å². The van der Waals surface area contributed by atoms with E-state index in [1.165, 1.54) is 7.11 Å². The molecule has 0 amide bonds. The quantitative estimate of drug-likeness (QED) is 0.795. The van der Waals surface area contributed by atoms with Crippen LogP contribution in [0.5, 0.6) is 0 Å². The Hall–Kier alpha value is -1.48. The molecule has 78 valence electrons. The number of aromatic nitrogens is 1. The fourth-order valence-electron chi connectivity index (χ4n) is 1.57. The van der Waals surface area contributed by atoms with Gasteiger partial charge in [0.1, 0.15) is 0 Å². The van der Waals surface area contributed by atoms with Crippen molar-refractivity contribution in [1.82, 2.24) is 4.98 Å². The highest BCUT2D eigenvalue weighted by Crippen LogP contribution is 2.26. The Morgan fingerprint density at radius 3 is 3.07 bits per heavy atom. The molecule has 1 N–H and O–H groups in total. The maximum Gasteiger partial charge on any atom is 0.310 e. The Balaban J connectivity index is 2.48. The predicted molar refractivity (Wildman–Crippen MR) is 59.0 cm³/mol. The number of ether oxygens (including phenoxy) is 1. The van der Waals surface area contributed by atoms with Gasteiger partial charge in [-0.15, -0.1) is 0 Å². The first-order valence-corrected chi connectivity index (χ1v) is 4.91. The molecule has 1 aromatic carbocycles. The van der Waals surface area contributed by atoms with Gasteiger partial charge in [0.2, 0.25) is 0 Å². The molecule has 4 heteroatoms. The normalized spacial score (nSPS) is 10.5. The molecule has 2 rings (SSSR count). The van der Waals surface area contributed by atoms with Crippen molar-refractivity contribution in [3.05, 3.63) is 35.0 Å². The number of benzene rings is 1. The molecule has 0 spiro atoms. The van der Waals surface area contributed by atoms with Gasteiger partial charge in [0.25, 0.3) is 0 Å². The summed E-state index contributed by atoms with van der Waals surface area (Å²) in [7, 11) is 1.37. The molecule has 0 atom stereocenters. The van der Waals surface area contributed by atoms with Crippen LogP contribution in [0.3, 0.4) is 0 Å². The van der Waals surface area contributed by atoms with Crippen LogP contribution in [0.4, 0.5) is 0 Å². The lowest BCUT2D eigenvalue weighted by Crippen LogP contribution is -2.03. The van der Waals surface area contributed by atoms with Crippen LogP contribution in [0.15, 0.2) is 24.4 Å². The number of rotatable bonds is 2. The zero-order valence-corrected chi connectivity index (χ0v) is 8.97. The molecular formula is C11H10ClNO2. The van der Waals surface area contributed by atoms with Crippen molar-refractivity contribution in [2.45, 2.75) is 6.42 Å². The van der Waals surface area contributed by atoms with Gasteiger partial charge in [0, 0.05) is 17.1 Å². The third kappa shape index (κ3) is 1.83. The monoisotopic (exact) mass is 223 g/mol. The highest BCUT2D eigenvalue weighted by Gasteiger charge is 2.10. The molecule has 3 nitrogen and oxygen atoms in total. The molecule has 0 bridgehead atoms. The first kappa shape index (κ1) is 10.1. The first-order valence-electron chi connectivity index (χ1n) is 4.53. The van der Waals surface area contributed by atoms with Crippen molar-refractivity contribution in [2.24, 2.45) is 0 Å². The Kier molecular flexibility index (Phi) is 2.64. The lowest BCUT2D eigenvalue weighted by molar-refractivity contribution is -0.139. The van der Waals surface area contributed by atoms with Crippen LogP contribution in [-0.2, 0) is 16.0 Å². The zero-order valence-electron chi connectivity index (χ0n) is 8.21. The van der Waals surface area contributed by atoms with E-state index in [2.05, 4.69) is 9.72 Å². The highest BCUT2D eigenvalue weighted by molar-refractivity contribution is 6.35. The molecule has 1 aromatic heterocycles. The van der Waals surface area contributed by atoms with Crippen molar-refractivity contribution in [3.63, 3.8) is 0 Å². The van der Waals surface area contributed by atoms with Gasteiger partial charge in [-0.2, -0.15) is 0 Å². The van der Waals surface area contributed by atoms with Crippen LogP contribution in [-0.4, -0.2) is 18.1 Å². The number of carbonyl (C=O) groups excluding carboxylic acids is 1. The predicted octanol–water partition coefficient (Wildman–Crippen LogP) is 2.54. The van der Waals surface area contributed by atoms with Crippen LogP contribution < -0.4 is 0 Å². The van der Waals surface area contributed by atoms with Gasteiger partial charge in [0.15, 0.2) is 0 Å². The van der Waals surface area contributed by atoms with Crippen molar-refractivity contribution < 1.29 is 9.53 Å². The zero-order chi connectivity index (χ0) is 10.8. The van der Waals surface area contributed by atoms with Crippen molar-refractivity contribution in [1.29, 1.82) is 0 Å². The molecule has 0 saturated carbocycles. The van der Waals surface area contributed by atoms with E-state index in [0.29, 0.717) is 5.02 Å². The number of carbonyl (C=O) groups is 1. The molecule has 15 heavy (non-hydrogen) atoms. The molecule has 0 aliphatic rings. The second-order valence-corrected chi connectivity index (χ2v) is 3.64. The molecule has 2 aromatic rings. The molecule has 0 radical (unpaired) electrons. The van der Waals surface area contributed by atoms with Gasteiger partial charge in [-0.1, -0.05) is 17.7 Å². The summed E-state index contributed by atoms with van der Waals surface area (Å²) in [6, 6.07) is 5.59. The van der Waals surface area contributed by atoms with E-state index in [9.17, 15) is 4.79 Å². The van der Waals surface area contributed by atoms with Crippen LogP contribution in [0.25, 0.3) is 10.9 Å². The Morgan fingerprint density at radius 2 is 2.33 bits per heavy atom. The van der Waals surface area contributed by atoms with Crippen LogP contribution in [0, 0.1) is 0 Å². The lowest BCUT2D eigenvalue weighted by Gasteiger charge is -1.99.